The number of carbonyl (C=O) groups is 1. The third-order valence-electron chi connectivity index (χ3n) is 5.52. The zero-order chi connectivity index (χ0) is 19.8. The summed E-state index contributed by atoms with van der Waals surface area (Å²) in [6.07, 6.45) is 1.10. The molecular formula is C23H19ClN2O2. The number of halogens is 1. The Hall–Kier alpha value is -3.03. The molecule has 4 rings (SSSR count). The molecule has 5 heteroatoms. The highest BCUT2D eigenvalue weighted by Crippen LogP contribution is 2.45. The largest absolute Gasteiger partial charge is 0.508 e. The summed E-state index contributed by atoms with van der Waals surface area (Å²) in [7, 11) is 0. The third-order valence-corrected chi connectivity index (χ3v) is 5.77. The highest BCUT2D eigenvalue weighted by atomic mass is 35.5. The summed E-state index contributed by atoms with van der Waals surface area (Å²) in [5.74, 6) is -0.121. The zero-order valence-electron chi connectivity index (χ0n) is 15.4. The number of hydrogen-bond donors (Lipinski definition) is 2. The Morgan fingerprint density at radius 3 is 2.36 bits per heavy atom. The fourth-order valence-corrected chi connectivity index (χ4v) is 4.28. The first kappa shape index (κ1) is 18.3. The number of nitrogens with zero attached hydrogens (tertiary/aromatic N) is 1. The van der Waals surface area contributed by atoms with Gasteiger partial charge in [0.25, 0.3) is 0 Å². The number of Topliss-reactive ketones (excluding diaryl/α,β-unsaturated/α-hetero) is 1. The number of phenols is 1. The number of ketones is 1. The molecule has 2 aromatic rings. The number of rotatable bonds is 2. The van der Waals surface area contributed by atoms with Crippen LogP contribution in [0.1, 0.15) is 42.7 Å². The van der Waals surface area contributed by atoms with E-state index in [-0.39, 0.29) is 17.5 Å². The van der Waals surface area contributed by atoms with Gasteiger partial charge in [-0.25, -0.2) is 0 Å². The SMILES string of the molecule is CC1=C(C#N)C(c2ccc(O)cc2)C2=C(CC(c3ccc(Cl)cc3)CC2=O)N1. The van der Waals surface area contributed by atoms with Crippen molar-refractivity contribution in [1.29, 1.82) is 5.26 Å². The first-order chi connectivity index (χ1) is 13.5. The predicted octanol–water partition coefficient (Wildman–Crippen LogP) is 4.93. The molecule has 140 valence electrons. The van der Waals surface area contributed by atoms with Crippen LogP contribution in [0.5, 0.6) is 5.75 Å². The highest BCUT2D eigenvalue weighted by Gasteiger charge is 2.38. The molecule has 0 bridgehead atoms. The van der Waals surface area contributed by atoms with Crippen LogP contribution in [0, 0.1) is 11.3 Å². The van der Waals surface area contributed by atoms with Gasteiger partial charge in [0.2, 0.25) is 0 Å². The van der Waals surface area contributed by atoms with E-state index in [1.54, 1.807) is 24.3 Å². The normalized spacial score (nSPS) is 21.8. The molecule has 1 aliphatic heterocycles. The van der Waals surface area contributed by atoms with Gasteiger partial charge in [-0.1, -0.05) is 35.9 Å². The monoisotopic (exact) mass is 390 g/mol. The lowest BCUT2D eigenvalue weighted by Crippen LogP contribution is -2.33. The van der Waals surface area contributed by atoms with Crippen LogP contribution >= 0.6 is 11.6 Å². The number of phenolic OH excluding ortho intramolecular Hbond substituents is 1. The number of allylic oxidation sites excluding steroid dienone is 4. The smallest absolute Gasteiger partial charge is 0.162 e. The minimum atomic E-state index is -0.402. The van der Waals surface area contributed by atoms with Crippen LogP contribution in [0.2, 0.25) is 5.02 Å². The minimum absolute atomic E-state index is 0.0482. The van der Waals surface area contributed by atoms with Crippen LogP contribution in [0.3, 0.4) is 0 Å². The summed E-state index contributed by atoms with van der Waals surface area (Å²) < 4.78 is 0. The number of dihydropyridines is 1. The van der Waals surface area contributed by atoms with Crippen molar-refractivity contribution < 1.29 is 9.90 Å². The molecule has 0 spiro atoms. The van der Waals surface area contributed by atoms with Gasteiger partial charge in [0.05, 0.1) is 17.6 Å². The van der Waals surface area contributed by atoms with Crippen molar-refractivity contribution in [3.8, 4) is 11.8 Å². The van der Waals surface area contributed by atoms with Crippen molar-refractivity contribution >= 4 is 17.4 Å². The summed E-state index contributed by atoms with van der Waals surface area (Å²) in [4.78, 5) is 13.2. The summed E-state index contributed by atoms with van der Waals surface area (Å²) in [5, 5.41) is 23.3. The van der Waals surface area contributed by atoms with E-state index in [0.29, 0.717) is 29.0 Å². The minimum Gasteiger partial charge on any atom is -0.508 e. The van der Waals surface area contributed by atoms with E-state index in [0.717, 1.165) is 22.5 Å². The molecule has 0 saturated carbocycles. The molecule has 0 amide bonds. The van der Waals surface area contributed by atoms with Crippen molar-refractivity contribution in [2.45, 2.75) is 31.6 Å². The summed E-state index contributed by atoms with van der Waals surface area (Å²) >= 11 is 6.00. The summed E-state index contributed by atoms with van der Waals surface area (Å²) in [6.45, 7) is 1.87. The van der Waals surface area contributed by atoms with Crippen molar-refractivity contribution in [2.24, 2.45) is 0 Å². The standard InChI is InChI=1S/C23H19ClN2O2/c1-13-19(12-25)22(15-4-8-18(27)9-5-15)23-20(26-13)10-16(11-21(23)28)14-2-6-17(24)7-3-14/h2-9,16,22,26-27H,10-11H2,1H3. The molecule has 0 aromatic heterocycles. The molecule has 0 saturated heterocycles. The Balaban J connectivity index is 1.77. The number of aromatic hydroxyl groups is 1. The van der Waals surface area contributed by atoms with E-state index in [2.05, 4.69) is 11.4 Å². The fraction of sp³-hybridized carbons (Fsp3) is 0.217. The van der Waals surface area contributed by atoms with Crippen LogP contribution in [0.4, 0.5) is 0 Å². The predicted molar refractivity (Wildman–Crippen MR) is 108 cm³/mol. The van der Waals surface area contributed by atoms with Crippen LogP contribution in [-0.4, -0.2) is 10.9 Å². The third kappa shape index (κ3) is 3.19. The molecule has 2 aromatic carbocycles. The first-order valence-electron chi connectivity index (χ1n) is 9.16. The van der Waals surface area contributed by atoms with Gasteiger partial charge >= 0.3 is 0 Å². The lowest BCUT2D eigenvalue weighted by molar-refractivity contribution is -0.116. The van der Waals surface area contributed by atoms with Gasteiger partial charge in [0.15, 0.2) is 5.78 Å². The molecule has 4 nitrogen and oxygen atoms in total. The molecule has 1 aliphatic carbocycles. The Morgan fingerprint density at radius 1 is 1.07 bits per heavy atom. The molecule has 1 heterocycles. The Labute approximate surface area is 168 Å². The molecule has 2 aliphatic rings. The maximum Gasteiger partial charge on any atom is 0.162 e. The Kier molecular flexibility index (Phi) is 4.70. The number of nitriles is 1. The number of carbonyl (C=O) groups excluding carboxylic acids is 1. The van der Waals surface area contributed by atoms with E-state index in [1.165, 1.54) is 0 Å². The molecule has 2 atom stereocenters. The van der Waals surface area contributed by atoms with Gasteiger partial charge in [-0.05, 0) is 54.7 Å². The first-order valence-corrected chi connectivity index (χ1v) is 9.54. The number of benzene rings is 2. The maximum absolute atomic E-state index is 13.2. The summed E-state index contributed by atoms with van der Waals surface area (Å²) in [6, 6.07) is 16.6. The molecule has 0 fully saturated rings. The number of nitrogens with one attached hydrogen (secondary N) is 1. The van der Waals surface area contributed by atoms with E-state index in [1.807, 2.05) is 31.2 Å². The van der Waals surface area contributed by atoms with Crippen LogP contribution in [-0.2, 0) is 4.79 Å². The van der Waals surface area contributed by atoms with Gasteiger partial charge in [0, 0.05) is 28.4 Å². The fourth-order valence-electron chi connectivity index (χ4n) is 4.16. The van der Waals surface area contributed by atoms with E-state index >= 15 is 0 Å². The van der Waals surface area contributed by atoms with Crippen molar-refractivity contribution in [3.05, 3.63) is 87.2 Å². The van der Waals surface area contributed by atoms with Crippen molar-refractivity contribution in [1.82, 2.24) is 5.32 Å². The van der Waals surface area contributed by atoms with E-state index in [9.17, 15) is 15.2 Å². The Morgan fingerprint density at radius 2 is 1.71 bits per heavy atom. The maximum atomic E-state index is 13.2. The van der Waals surface area contributed by atoms with Crippen LogP contribution < -0.4 is 5.32 Å². The van der Waals surface area contributed by atoms with E-state index in [4.69, 9.17) is 11.6 Å². The molecule has 0 radical (unpaired) electrons. The van der Waals surface area contributed by atoms with Gasteiger partial charge < -0.3 is 10.4 Å². The zero-order valence-corrected chi connectivity index (χ0v) is 16.1. The van der Waals surface area contributed by atoms with Crippen LogP contribution in [0.15, 0.2) is 71.1 Å². The van der Waals surface area contributed by atoms with Crippen molar-refractivity contribution in [2.75, 3.05) is 0 Å². The molecule has 2 N–H and O–H groups in total. The van der Waals surface area contributed by atoms with Gasteiger partial charge in [-0.2, -0.15) is 5.26 Å². The quantitative estimate of drug-likeness (QED) is 0.762. The molecular weight excluding hydrogens is 372 g/mol. The van der Waals surface area contributed by atoms with Gasteiger partial charge in [0.1, 0.15) is 5.75 Å². The highest BCUT2D eigenvalue weighted by molar-refractivity contribution is 6.30. The second-order valence-electron chi connectivity index (χ2n) is 7.27. The second-order valence-corrected chi connectivity index (χ2v) is 7.71. The van der Waals surface area contributed by atoms with Gasteiger partial charge in [-0.15, -0.1) is 0 Å². The lowest BCUT2D eigenvalue weighted by Gasteiger charge is -2.35. The van der Waals surface area contributed by atoms with Crippen LogP contribution in [0.25, 0.3) is 0 Å². The summed E-state index contributed by atoms with van der Waals surface area (Å²) in [5.41, 5.74) is 4.77. The topological polar surface area (TPSA) is 73.1 Å². The van der Waals surface area contributed by atoms with E-state index < -0.39 is 5.92 Å². The Bertz CT molecular complexity index is 1040. The van der Waals surface area contributed by atoms with Crippen molar-refractivity contribution in [3.63, 3.8) is 0 Å². The molecule has 28 heavy (non-hydrogen) atoms. The second kappa shape index (κ2) is 7.18. The number of hydrogen-bond acceptors (Lipinski definition) is 4. The lowest BCUT2D eigenvalue weighted by atomic mass is 9.72. The average molecular weight is 391 g/mol. The molecule has 2 unspecified atom stereocenters. The van der Waals surface area contributed by atoms with Gasteiger partial charge in [-0.3, -0.25) is 4.79 Å². The average Bonchev–Trinajstić information content (AvgIpc) is 2.68.